The van der Waals surface area contributed by atoms with E-state index in [0.717, 1.165) is 5.65 Å². The van der Waals surface area contributed by atoms with Crippen LogP contribution in [0.4, 0.5) is 0 Å². The van der Waals surface area contributed by atoms with Crippen molar-refractivity contribution < 1.29 is 0 Å². The molecule has 0 amide bonds. The quantitative estimate of drug-likeness (QED) is 0.823. The topological polar surface area (TPSA) is 20.5 Å². The van der Waals surface area contributed by atoms with Crippen molar-refractivity contribution in [3.05, 3.63) is 35.8 Å². The smallest absolute Gasteiger partial charge is 0.137 e. The van der Waals surface area contributed by atoms with Gasteiger partial charge in [-0.3, -0.25) is 0 Å². The van der Waals surface area contributed by atoms with Crippen LogP contribution in [0.25, 0.3) is 5.65 Å². The molecular weight excluding hydrogens is 234 g/mol. The van der Waals surface area contributed by atoms with E-state index in [0.29, 0.717) is 12.0 Å². The summed E-state index contributed by atoms with van der Waals surface area (Å²) in [6.45, 7) is 9.12. The SMILES string of the molecule is Cc1cccc2nc(C3CCN(C(C)C)CC3)cn12. The van der Waals surface area contributed by atoms with Crippen LogP contribution in [-0.4, -0.2) is 33.4 Å². The van der Waals surface area contributed by atoms with E-state index in [1.54, 1.807) is 0 Å². The first-order valence-corrected chi connectivity index (χ1v) is 7.34. The van der Waals surface area contributed by atoms with Gasteiger partial charge in [0.2, 0.25) is 0 Å². The van der Waals surface area contributed by atoms with E-state index in [1.165, 1.54) is 37.3 Å². The fourth-order valence-corrected chi connectivity index (χ4v) is 3.08. The highest BCUT2D eigenvalue weighted by Crippen LogP contribution is 2.28. The Morgan fingerprint density at radius 1 is 1.21 bits per heavy atom. The summed E-state index contributed by atoms with van der Waals surface area (Å²) in [4.78, 5) is 7.38. The van der Waals surface area contributed by atoms with E-state index < -0.39 is 0 Å². The largest absolute Gasteiger partial charge is 0.304 e. The third-order valence-corrected chi connectivity index (χ3v) is 4.39. The molecule has 0 bridgehead atoms. The number of piperidine rings is 1. The Hall–Kier alpha value is -1.35. The summed E-state index contributed by atoms with van der Waals surface area (Å²) in [5, 5.41) is 0. The van der Waals surface area contributed by atoms with E-state index in [1.807, 2.05) is 0 Å². The number of hydrogen-bond donors (Lipinski definition) is 0. The van der Waals surface area contributed by atoms with Gasteiger partial charge in [0.05, 0.1) is 5.69 Å². The number of aryl methyl sites for hydroxylation is 1. The lowest BCUT2D eigenvalue weighted by molar-refractivity contribution is 0.171. The molecule has 0 spiro atoms. The van der Waals surface area contributed by atoms with Crippen LogP contribution in [0, 0.1) is 6.92 Å². The Morgan fingerprint density at radius 2 is 1.95 bits per heavy atom. The van der Waals surface area contributed by atoms with Crippen LogP contribution < -0.4 is 0 Å². The first-order chi connectivity index (χ1) is 9.15. The summed E-state index contributed by atoms with van der Waals surface area (Å²) >= 11 is 0. The van der Waals surface area contributed by atoms with Gasteiger partial charge in [-0.05, 0) is 58.8 Å². The fourth-order valence-electron chi connectivity index (χ4n) is 3.08. The van der Waals surface area contributed by atoms with Gasteiger partial charge >= 0.3 is 0 Å². The molecule has 0 radical (unpaired) electrons. The molecular formula is C16H23N3. The van der Waals surface area contributed by atoms with Crippen molar-refractivity contribution in [1.29, 1.82) is 0 Å². The minimum atomic E-state index is 0.634. The van der Waals surface area contributed by atoms with Crippen LogP contribution in [0.3, 0.4) is 0 Å². The lowest BCUT2D eigenvalue weighted by atomic mass is 9.93. The second kappa shape index (κ2) is 4.97. The number of pyridine rings is 1. The molecule has 2 aromatic rings. The van der Waals surface area contributed by atoms with Crippen molar-refractivity contribution in [3.8, 4) is 0 Å². The van der Waals surface area contributed by atoms with Gasteiger partial charge in [0.1, 0.15) is 5.65 Å². The summed E-state index contributed by atoms with van der Waals surface area (Å²) in [7, 11) is 0. The maximum atomic E-state index is 4.81. The van der Waals surface area contributed by atoms with Crippen molar-refractivity contribution in [1.82, 2.24) is 14.3 Å². The van der Waals surface area contributed by atoms with Gasteiger partial charge in [0, 0.05) is 23.9 Å². The Morgan fingerprint density at radius 3 is 2.58 bits per heavy atom. The minimum absolute atomic E-state index is 0.634. The van der Waals surface area contributed by atoms with Gasteiger partial charge < -0.3 is 9.30 Å². The molecule has 3 rings (SSSR count). The maximum Gasteiger partial charge on any atom is 0.137 e. The monoisotopic (exact) mass is 257 g/mol. The molecule has 102 valence electrons. The zero-order chi connectivity index (χ0) is 13.4. The average Bonchev–Trinajstić information content (AvgIpc) is 2.84. The summed E-state index contributed by atoms with van der Waals surface area (Å²) in [6, 6.07) is 6.99. The lowest BCUT2D eigenvalue weighted by Crippen LogP contribution is -2.37. The number of fused-ring (bicyclic) bond motifs is 1. The average molecular weight is 257 g/mol. The number of rotatable bonds is 2. The maximum absolute atomic E-state index is 4.81. The van der Waals surface area contributed by atoms with Crippen LogP contribution in [-0.2, 0) is 0 Å². The van der Waals surface area contributed by atoms with Gasteiger partial charge in [0.15, 0.2) is 0 Å². The first kappa shape index (κ1) is 12.7. The molecule has 0 unspecified atom stereocenters. The molecule has 1 fully saturated rings. The Labute approximate surface area is 115 Å². The molecule has 0 atom stereocenters. The van der Waals surface area contributed by atoms with Crippen molar-refractivity contribution in [2.24, 2.45) is 0 Å². The van der Waals surface area contributed by atoms with Crippen molar-refractivity contribution in [3.63, 3.8) is 0 Å². The Balaban J connectivity index is 1.80. The van der Waals surface area contributed by atoms with E-state index in [9.17, 15) is 0 Å². The van der Waals surface area contributed by atoms with Crippen molar-refractivity contribution >= 4 is 5.65 Å². The second-order valence-corrected chi connectivity index (χ2v) is 5.97. The Kier molecular flexibility index (Phi) is 3.31. The van der Waals surface area contributed by atoms with Crippen molar-refractivity contribution in [2.75, 3.05) is 13.1 Å². The molecule has 1 aliphatic heterocycles. The van der Waals surface area contributed by atoms with Crippen molar-refractivity contribution in [2.45, 2.75) is 45.6 Å². The minimum Gasteiger partial charge on any atom is -0.304 e. The molecule has 19 heavy (non-hydrogen) atoms. The molecule has 1 aliphatic rings. The van der Waals surface area contributed by atoms with Gasteiger partial charge in [-0.2, -0.15) is 0 Å². The van der Waals surface area contributed by atoms with E-state index in [4.69, 9.17) is 4.98 Å². The molecule has 3 nitrogen and oxygen atoms in total. The summed E-state index contributed by atoms with van der Waals surface area (Å²) < 4.78 is 2.21. The predicted octanol–water partition coefficient (Wildman–Crippen LogP) is 3.23. The summed E-state index contributed by atoms with van der Waals surface area (Å²) in [6.07, 6.45) is 4.71. The molecule has 1 saturated heterocycles. The van der Waals surface area contributed by atoms with Crippen LogP contribution in [0.1, 0.15) is 44.0 Å². The van der Waals surface area contributed by atoms with Crippen LogP contribution >= 0.6 is 0 Å². The highest BCUT2D eigenvalue weighted by Gasteiger charge is 2.23. The number of aromatic nitrogens is 2. The van der Waals surface area contributed by atoms with E-state index >= 15 is 0 Å². The van der Waals surface area contributed by atoms with E-state index in [-0.39, 0.29) is 0 Å². The third-order valence-electron chi connectivity index (χ3n) is 4.39. The van der Waals surface area contributed by atoms with Gasteiger partial charge in [-0.15, -0.1) is 0 Å². The number of likely N-dealkylation sites (tertiary alicyclic amines) is 1. The zero-order valence-corrected chi connectivity index (χ0v) is 12.1. The Bertz CT molecular complexity index is 562. The third kappa shape index (κ3) is 2.39. The summed E-state index contributed by atoms with van der Waals surface area (Å²) in [5.41, 5.74) is 3.62. The first-order valence-electron chi connectivity index (χ1n) is 7.34. The number of imidazole rings is 1. The standard InChI is InChI=1S/C16H23N3/c1-12(2)18-9-7-14(8-10-18)15-11-19-13(3)5-4-6-16(19)17-15/h4-6,11-12,14H,7-10H2,1-3H3. The van der Waals surface area contributed by atoms with Gasteiger partial charge in [-0.1, -0.05) is 6.07 Å². The molecule has 0 aromatic carbocycles. The number of nitrogens with zero attached hydrogens (tertiary/aromatic N) is 3. The predicted molar refractivity (Wildman–Crippen MR) is 78.6 cm³/mol. The second-order valence-electron chi connectivity index (χ2n) is 5.97. The molecule has 3 heteroatoms. The molecule has 0 N–H and O–H groups in total. The molecule has 3 heterocycles. The molecule has 0 aliphatic carbocycles. The van der Waals surface area contributed by atoms with Gasteiger partial charge in [0.25, 0.3) is 0 Å². The highest BCUT2D eigenvalue weighted by molar-refractivity contribution is 5.42. The van der Waals surface area contributed by atoms with Gasteiger partial charge in [-0.25, -0.2) is 4.98 Å². The highest BCUT2D eigenvalue weighted by atomic mass is 15.1. The van der Waals surface area contributed by atoms with Crippen LogP contribution in [0.5, 0.6) is 0 Å². The molecule has 2 aromatic heterocycles. The fraction of sp³-hybridized carbons (Fsp3) is 0.562. The lowest BCUT2D eigenvalue weighted by Gasteiger charge is -2.33. The zero-order valence-electron chi connectivity index (χ0n) is 12.1. The van der Waals surface area contributed by atoms with Crippen LogP contribution in [0.2, 0.25) is 0 Å². The molecule has 0 saturated carbocycles. The number of hydrogen-bond acceptors (Lipinski definition) is 2. The van der Waals surface area contributed by atoms with E-state index in [2.05, 4.69) is 54.5 Å². The van der Waals surface area contributed by atoms with Crippen LogP contribution in [0.15, 0.2) is 24.4 Å². The summed E-state index contributed by atoms with van der Waals surface area (Å²) in [5.74, 6) is 0.634. The normalized spacial score (nSPS) is 18.5.